The Hall–Kier alpha value is -4.20. The molecule has 0 saturated heterocycles. The first kappa shape index (κ1) is 24.5. The summed E-state index contributed by atoms with van der Waals surface area (Å²) in [5.74, 6) is 0.605. The van der Waals surface area contributed by atoms with E-state index in [-0.39, 0.29) is 37.2 Å². The van der Waals surface area contributed by atoms with Gasteiger partial charge in [0, 0.05) is 20.1 Å². The average Bonchev–Trinajstić information content (AvgIpc) is 3.67. The molecule has 1 saturated carbocycles. The SMILES string of the molecule is C.C[C@@H]1C(=O)N(C)c2ccc(N3C(=O)c4c(C(=O)NC5CC5)cccc4C3c3ccccc3)nc2N1C. The third-order valence-electron chi connectivity index (χ3n) is 7.41. The van der Waals surface area contributed by atoms with Crippen LogP contribution in [0.5, 0.6) is 0 Å². The minimum atomic E-state index is -0.432. The van der Waals surface area contributed by atoms with Crippen molar-refractivity contribution in [1.29, 1.82) is 0 Å². The highest BCUT2D eigenvalue weighted by Crippen LogP contribution is 2.44. The number of benzene rings is 2. The van der Waals surface area contributed by atoms with Crippen molar-refractivity contribution in [2.75, 3.05) is 28.8 Å². The lowest BCUT2D eigenvalue weighted by Crippen LogP contribution is -2.49. The molecule has 8 nitrogen and oxygen atoms in total. The van der Waals surface area contributed by atoms with Crippen molar-refractivity contribution in [3.8, 4) is 0 Å². The van der Waals surface area contributed by atoms with Gasteiger partial charge in [-0.2, -0.15) is 0 Å². The Bertz CT molecular complexity index is 1400. The predicted molar refractivity (Wildman–Crippen MR) is 144 cm³/mol. The molecule has 2 aliphatic heterocycles. The second-order valence-corrected chi connectivity index (χ2v) is 9.70. The molecule has 1 unspecified atom stereocenters. The molecular weight excluding hydrogens is 466 g/mol. The molecule has 6 rings (SSSR count). The van der Waals surface area contributed by atoms with Crippen molar-refractivity contribution in [2.45, 2.75) is 45.3 Å². The number of likely N-dealkylation sites (N-methyl/N-ethyl adjacent to an activating group) is 2. The lowest BCUT2D eigenvalue weighted by Gasteiger charge is -2.37. The van der Waals surface area contributed by atoms with Gasteiger partial charge >= 0.3 is 0 Å². The number of hydrogen-bond acceptors (Lipinski definition) is 5. The van der Waals surface area contributed by atoms with E-state index in [1.54, 1.807) is 29.0 Å². The van der Waals surface area contributed by atoms with Crippen molar-refractivity contribution in [3.05, 3.63) is 82.9 Å². The minimum absolute atomic E-state index is 0. The molecule has 0 spiro atoms. The molecular formula is C29H31N5O3. The Kier molecular flexibility index (Phi) is 5.98. The van der Waals surface area contributed by atoms with Crippen molar-refractivity contribution in [2.24, 2.45) is 0 Å². The van der Waals surface area contributed by atoms with Gasteiger partial charge in [-0.3, -0.25) is 19.3 Å². The first-order chi connectivity index (χ1) is 17.4. The molecule has 3 aliphatic rings. The fraction of sp³-hybridized carbons (Fsp3) is 0.310. The summed E-state index contributed by atoms with van der Waals surface area (Å²) in [6.07, 6.45) is 1.94. The van der Waals surface area contributed by atoms with Gasteiger partial charge in [0.15, 0.2) is 5.82 Å². The van der Waals surface area contributed by atoms with Crippen LogP contribution in [0.2, 0.25) is 0 Å². The van der Waals surface area contributed by atoms with Crippen LogP contribution in [-0.2, 0) is 4.79 Å². The summed E-state index contributed by atoms with van der Waals surface area (Å²) >= 11 is 0. The van der Waals surface area contributed by atoms with Gasteiger partial charge in [-0.05, 0) is 49.1 Å². The summed E-state index contributed by atoms with van der Waals surface area (Å²) in [5.41, 5.74) is 3.20. The molecule has 1 N–H and O–H groups in total. The van der Waals surface area contributed by atoms with E-state index in [1.165, 1.54) is 0 Å². The van der Waals surface area contributed by atoms with E-state index >= 15 is 0 Å². The number of anilines is 3. The summed E-state index contributed by atoms with van der Waals surface area (Å²) in [5, 5.41) is 3.02. The molecule has 1 aromatic heterocycles. The smallest absolute Gasteiger partial charge is 0.261 e. The zero-order valence-corrected chi connectivity index (χ0v) is 20.4. The molecule has 0 radical (unpaired) electrons. The number of nitrogens with one attached hydrogen (secondary N) is 1. The largest absolute Gasteiger partial charge is 0.349 e. The van der Waals surface area contributed by atoms with Gasteiger partial charge < -0.3 is 15.1 Å². The maximum atomic E-state index is 14.1. The number of fused-ring (bicyclic) bond motifs is 2. The normalized spacial score (nSPS) is 20.4. The van der Waals surface area contributed by atoms with Crippen LogP contribution in [0.15, 0.2) is 60.7 Å². The molecule has 3 aromatic rings. The van der Waals surface area contributed by atoms with Gasteiger partial charge in [-0.15, -0.1) is 0 Å². The predicted octanol–water partition coefficient (Wildman–Crippen LogP) is 4.16. The van der Waals surface area contributed by atoms with Crippen LogP contribution in [-0.4, -0.2) is 48.9 Å². The second kappa shape index (κ2) is 9.03. The first-order valence-corrected chi connectivity index (χ1v) is 12.2. The molecule has 37 heavy (non-hydrogen) atoms. The van der Waals surface area contributed by atoms with Gasteiger partial charge in [-0.1, -0.05) is 49.9 Å². The van der Waals surface area contributed by atoms with E-state index < -0.39 is 6.04 Å². The highest BCUT2D eigenvalue weighted by atomic mass is 16.2. The molecule has 1 fully saturated rings. The van der Waals surface area contributed by atoms with Crippen molar-refractivity contribution < 1.29 is 14.4 Å². The minimum Gasteiger partial charge on any atom is -0.349 e. The Balaban J connectivity index is 0.00000280. The number of nitrogens with zero attached hydrogens (tertiary/aromatic N) is 4. The highest BCUT2D eigenvalue weighted by Gasteiger charge is 2.43. The van der Waals surface area contributed by atoms with Crippen LogP contribution < -0.4 is 20.0 Å². The molecule has 3 heterocycles. The average molecular weight is 498 g/mol. The van der Waals surface area contributed by atoms with E-state index in [2.05, 4.69) is 5.32 Å². The summed E-state index contributed by atoms with van der Waals surface area (Å²) < 4.78 is 0. The van der Waals surface area contributed by atoms with Gasteiger partial charge in [-0.25, -0.2) is 4.98 Å². The third kappa shape index (κ3) is 3.84. The van der Waals surface area contributed by atoms with Gasteiger partial charge in [0.25, 0.3) is 11.8 Å². The molecule has 2 atom stereocenters. The molecule has 2 aromatic carbocycles. The number of rotatable bonds is 4. The monoisotopic (exact) mass is 497 g/mol. The zero-order chi connectivity index (χ0) is 25.1. The van der Waals surface area contributed by atoms with Crippen molar-refractivity contribution in [3.63, 3.8) is 0 Å². The summed E-state index contributed by atoms with van der Waals surface area (Å²) in [6, 6.07) is 18.2. The first-order valence-electron chi connectivity index (χ1n) is 12.2. The Morgan fingerprint density at radius 1 is 0.973 bits per heavy atom. The summed E-state index contributed by atoms with van der Waals surface area (Å²) in [7, 11) is 3.57. The lowest BCUT2D eigenvalue weighted by atomic mass is 9.95. The number of amides is 3. The maximum absolute atomic E-state index is 14.1. The van der Waals surface area contributed by atoms with Crippen LogP contribution in [0.1, 0.15) is 65.1 Å². The maximum Gasteiger partial charge on any atom is 0.261 e. The zero-order valence-electron chi connectivity index (χ0n) is 20.4. The quantitative estimate of drug-likeness (QED) is 0.585. The van der Waals surface area contributed by atoms with Gasteiger partial charge in [0.2, 0.25) is 5.91 Å². The van der Waals surface area contributed by atoms with Gasteiger partial charge in [0.05, 0.1) is 22.9 Å². The number of carbonyl (C=O) groups is 3. The molecule has 190 valence electrons. The summed E-state index contributed by atoms with van der Waals surface area (Å²) in [6.45, 7) is 1.84. The topological polar surface area (TPSA) is 85.8 Å². The number of carbonyl (C=O) groups excluding carboxylic acids is 3. The standard InChI is InChI=1S/C28H27N5O3.CH4/c1-16-27(35)32(3)21-14-15-22(30-25(21)31(16)2)33-24(17-8-5-4-6-9-17)19-10-7-11-20(23(19)28(33)36)26(34)29-18-12-13-18;/h4-11,14-16,18,24H,12-13H2,1-3H3,(H,29,34);1H4/t16-,24?;/m1./s1. The fourth-order valence-corrected chi connectivity index (χ4v) is 5.13. The third-order valence-corrected chi connectivity index (χ3v) is 7.41. The molecule has 3 amide bonds. The Labute approximate surface area is 216 Å². The van der Waals surface area contributed by atoms with Crippen LogP contribution in [0.25, 0.3) is 0 Å². The van der Waals surface area contributed by atoms with E-state index in [1.807, 2.05) is 67.4 Å². The molecule has 8 heteroatoms. The van der Waals surface area contributed by atoms with E-state index in [4.69, 9.17) is 4.98 Å². The molecule has 0 bridgehead atoms. The van der Waals surface area contributed by atoms with Crippen LogP contribution in [0.4, 0.5) is 17.3 Å². The van der Waals surface area contributed by atoms with Crippen LogP contribution in [0, 0.1) is 0 Å². The Morgan fingerprint density at radius 3 is 2.41 bits per heavy atom. The number of aromatic nitrogens is 1. The van der Waals surface area contributed by atoms with Crippen molar-refractivity contribution >= 4 is 35.0 Å². The van der Waals surface area contributed by atoms with Crippen LogP contribution >= 0.6 is 0 Å². The van der Waals surface area contributed by atoms with E-state index in [0.717, 1.165) is 24.0 Å². The second-order valence-electron chi connectivity index (χ2n) is 9.70. The Morgan fingerprint density at radius 2 is 1.70 bits per heavy atom. The summed E-state index contributed by atoms with van der Waals surface area (Å²) in [4.78, 5) is 49.8. The van der Waals surface area contributed by atoms with E-state index in [9.17, 15) is 14.4 Å². The fourth-order valence-electron chi connectivity index (χ4n) is 5.13. The number of pyridine rings is 1. The van der Waals surface area contributed by atoms with Crippen LogP contribution in [0.3, 0.4) is 0 Å². The van der Waals surface area contributed by atoms with Gasteiger partial charge in [0.1, 0.15) is 11.9 Å². The van der Waals surface area contributed by atoms with Crippen molar-refractivity contribution in [1.82, 2.24) is 10.3 Å². The molecule has 1 aliphatic carbocycles. The number of hydrogen-bond donors (Lipinski definition) is 1. The van der Waals surface area contributed by atoms with E-state index in [0.29, 0.717) is 28.5 Å². The lowest BCUT2D eigenvalue weighted by molar-refractivity contribution is -0.119. The highest BCUT2D eigenvalue weighted by molar-refractivity contribution is 6.17.